The van der Waals surface area contributed by atoms with Crippen LogP contribution in [0.1, 0.15) is 38.2 Å². The van der Waals surface area contributed by atoms with Crippen LogP contribution in [0.5, 0.6) is 0 Å². The van der Waals surface area contributed by atoms with Crippen molar-refractivity contribution in [2.75, 3.05) is 6.54 Å². The number of nitrogens with one attached hydrogen (secondary N) is 1. The minimum atomic E-state index is -0.179. The number of benzene rings is 1. The first-order valence-corrected chi connectivity index (χ1v) is 7.66. The molecule has 0 heterocycles. The van der Waals surface area contributed by atoms with Gasteiger partial charge >= 0.3 is 0 Å². The van der Waals surface area contributed by atoms with Crippen LogP contribution in [0.3, 0.4) is 0 Å². The number of nitrogens with two attached hydrogens (primary N) is 1. The first kappa shape index (κ1) is 18.3. The Labute approximate surface area is 138 Å². The lowest BCUT2D eigenvalue weighted by Crippen LogP contribution is -2.44. The quantitative estimate of drug-likeness (QED) is 0.840. The molecule has 2 rings (SSSR count). The highest BCUT2D eigenvalue weighted by molar-refractivity contribution is 6.30. The molecule has 2 unspecified atom stereocenters. The van der Waals surface area contributed by atoms with Gasteiger partial charge in [-0.05, 0) is 42.4 Å². The van der Waals surface area contributed by atoms with Gasteiger partial charge in [-0.1, -0.05) is 37.6 Å². The molecule has 118 valence electrons. The first-order valence-electron chi connectivity index (χ1n) is 7.28. The van der Waals surface area contributed by atoms with Crippen molar-refractivity contribution in [1.82, 2.24) is 5.32 Å². The monoisotopic (exact) mass is 330 g/mol. The molecule has 3 N–H and O–H groups in total. The fourth-order valence-corrected chi connectivity index (χ4v) is 2.88. The number of rotatable bonds is 6. The van der Waals surface area contributed by atoms with Crippen molar-refractivity contribution in [3.05, 3.63) is 34.9 Å². The molecule has 0 aromatic heterocycles. The molecule has 1 saturated carbocycles. The highest BCUT2D eigenvalue weighted by Crippen LogP contribution is 2.33. The zero-order chi connectivity index (χ0) is 14.7. The zero-order valence-corrected chi connectivity index (χ0v) is 14.1. The number of amides is 1. The van der Waals surface area contributed by atoms with Crippen LogP contribution in [0.2, 0.25) is 5.02 Å². The van der Waals surface area contributed by atoms with Crippen molar-refractivity contribution in [2.45, 2.75) is 38.6 Å². The van der Waals surface area contributed by atoms with E-state index in [0.29, 0.717) is 17.5 Å². The summed E-state index contributed by atoms with van der Waals surface area (Å²) in [5.41, 5.74) is 6.73. The highest BCUT2D eigenvalue weighted by Gasteiger charge is 2.33. The van der Waals surface area contributed by atoms with E-state index in [9.17, 15) is 4.79 Å². The second kappa shape index (κ2) is 8.02. The second-order valence-corrected chi connectivity index (χ2v) is 6.40. The van der Waals surface area contributed by atoms with E-state index in [0.717, 1.165) is 5.56 Å². The molecule has 0 spiro atoms. The lowest BCUT2D eigenvalue weighted by atomic mass is 9.87. The first-order chi connectivity index (χ1) is 9.52. The van der Waals surface area contributed by atoms with Gasteiger partial charge in [-0.3, -0.25) is 4.79 Å². The minimum absolute atomic E-state index is 0. The molecule has 2 atom stereocenters. The number of carbonyl (C=O) groups is 1. The maximum Gasteiger partial charge on any atom is 0.228 e. The summed E-state index contributed by atoms with van der Waals surface area (Å²) in [5, 5.41) is 3.79. The van der Waals surface area contributed by atoms with Gasteiger partial charge in [0.1, 0.15) is 0 Å². The highest BCUT2D eigenvalue weighted by atomic mass is 35.5. The molecule has 3 nitrogen and oxygen atoms in total. The number of hydrogen-bond acceptors (Lipinski definition) is 2. The zero-order valence-electron chi connectivity index (χ0n) is 12.5. The van der Waals surface area contributed by atoms with Crippen molar-refractivity contribution in [3.8, 4) is 0 Å². The lowest BCUT2D eigenvalue weighted by Gasteiger charge is -2.24. The van der Waals surface area contributed by atoms with E-state index in [2.05, 4.69) is 19.2 Å². The lowest BCUT2D eigenvalue weighted by molar-refractivity contribution is -0.124. The van der Waals surface area contributed by atoms with E-state index < -0.39 is 0 Å². The van der Waals surface area contributed by atoms with Gasteiger partial charge in [0.05, 0.1) is 5.92 Å². The van der Waals surface area contributed by atoms with Crippen LogP contribution in [-0.2, 0) is 4.79 Å². The molecule has 1 aliphatic rings. The molecular weight excluding hydrogens is 307 g/mol. The Balaban J connectivity index is 0.00000220. The average Bonchev–Trinajstić information content (AvgIpc) is 3.20. The third-order valence-electron chi connectivity index (χ3n) is 3.93. The summed E-state index contributed by atoms with van der Waals surface area (Å²) >= 11 is 6.04. The molecule has 1 fully saturated rings. The van der Waals surface area contributed by atoms with Gasteiger partial charge in [0.15, 0.2) is 0 Å². The largest absolute Gasteiger partial charge is 0.351 e. The van der Waals surface area contributed by atoms with Crippen molar-refractivity contribution in [3.63, 3.8) is 0 Å². The Morgan fingerprint density at radius 2 is 2.10 bits per heavy atom. The topological polar surface area (TPSA) is 55.1 Å². The Bertz CT molecular complexity index is 475. The molecule has 5 heteroatoms. The van der Waals surface area contributed by atoms with Crippen molar-refractivity contribution >= 4 is 29.9 Å². The molecule has 21 heavy (non-hydrogen) atoms. The Morgan fingerprint density at radius 1 is 1.43 bits per heavy atom. The standard InChI is InChI=1S/C16H23ClN2O.ClH/c1-10(2)15(12-4-3-5-13(17)8-12)16(20)19-14(9-18)11-6-7-11;/h3-5,8,10-11,14-15H,6-7,9,18H2,1-2H3,(H,19,20);1H. The summed E-state index contributed by atoms with van der Waals surface area (Å²) in [7, 11) is 0. The minimum Gasteiger partial charge on any atom is -0.351 e. The average molecular weight is 331 g/mol. The molecular formula is C16H24Cl2N2O. The predicted molar refractivity (Wildman–Crippen MR) is 90.0 cm³/mol. The summed E-state index contributed by atoms with van der Waals surface area (Å²) in [6.07, 6.45) is 2.34. The summed E-state index contributed by atoms with van der Waals surface area (Å²) in [6.45, 7) is 4.62. The molecule has 1 aromatic carbocycles. The van der Waals surface area contributed by atoms with E-state index in [1.807, 2.05) is 24.3 Å². The maximum absolute atomic E-state index is 12.6. The van der Waals surface area contributed by atoms with Crippen LogP contribution in [0.4, 0.5) is 0 Å². The summed E-state index contributed by atoms with van der Waals surface area (Å²) in [5.74, 6) is 0.660. The van der Waals surface area contributed by atoms with Crippen molar-refractivity contribution < 1.29 is 4.79 Å². The SMILES string of the molecule is CC(C)C(C(=O)NC(CN)C1CC1)c1cccc(Cl)c1.Cl. The maximum atomic E-state index is 12.6. The van der Waals surface area contributed by atoms with Crippen molar-refractivity contribution in [1.29, 1.82) is 0 Å². The van der Waals surface area contributed by atoms with Gasteiger partial charge in [-0.2, -0.15) is 0 Å². The van der Waals surface area contributed by atoms with Gasteiger partial charge < -0.3 is 11.1 Å². The Hall–Kier alpha value is -0.770. The van der Waals surface area contributed by atoms with Gasteiger partial charge in [-0.25, -0.2) is 0 Å². The third kappa shape index (κ3) is 4.87. The summed E-state index contributed by atoms with van der Waals surface area (Å²) in [4.78, 5) is 12.6. The number of halogens is 2. The molecule has 1 amide bonds. The normalized spacial score (nSPS) is 17.0. The van der Waals surface area contributed by atoms with E-state index in [1.165, 1.54) is 12.8 Å². The Kier molecular flexibility index (Phi) is 6.98. The number of hydrogen-bond donors (Lipinski definition) is 2. The van der Waals surface area contributed by atoms with Crippen LogP contribution in [0, 0.1) is 11.8 Å². The van der Waals surface area contributed by atoms with Gasteiger partial charge in [0.25, 0.3) is 0 Å². The van der Waals surface area contributed by atoms with E-state index in [1.54, 1.807) is 0 Å². The van der Waals surface area contributed by atoms with Gasteiger partial charge in [-0.15, -0.1) is 12.4 Å². The van der Waals surface area contributed by atoms with Crippen LogP contribution in [-0.4, -0.2) is 18.5 Å². The molecule has 0 aliphatic heterocycles. The summed E-state index contributed by atoms with van der Waals surface area (Å²) < 4.78 is 0. The smallest absolute Gasteiger partial charge is 0.228 e. The summed E-state index contributed by atoms with van der Waals surface area (Å²) in [6, 6.07) is 7.67. The predicted octanol–water partition coefficient (Wildman–Crippen LogP) is 3.35. The van der Waals surface area contributed by atoms with E-state index in [4.69, 9.17) is 17.3 Å². The van der Waals surface area contributed by atoms with Crippen molar-refractivity contribution in [2.24, 2.45) is 17.6 Å². The third-order valence-corrected chi connectivity index (χ3v) is 4.16. The fourth-order valence-electron chi connectivity index (χ4n) is 2.68. The second-order valence-electron chi connectivity index (χ2n) is 5.96. The van der Waals surface area contributed by atoms with E-state index in [-0.39, 0.29) is 36.2 Å². The fraction of sp³-hybridized carbons (Fsp3) is 0.562. The molecule has 0 radical (unpaired) electrons. The van der Waals surface area contributed by atoms with Crippen LogP contribution in [0.15, 0.2) is 24.3 Å². The van der Waals surface area contributed by atoms with Gasteiger partial charge in [0, 0.05) is 17.6 Å². The molecule has 0 saturated heterocycles. The van der Waals surface area contributed by atoms with Gasteiger partial charge in [0.2, 0.25) is 5.91 Å². The number of carbonyl (C=O) groups excluding carboxylic acids is 1. The Morgan fingerprint density at radius 3 is 2.57 bits per heavy atom. The van der Waals surface area contributed by atoms with Crippen LogP contribution < -0.4 is 11.1 Å². The molecule has 1 aromatic rings. The molecule has 1 aliphatic carbocycles. The van der Waals surface area contributed by atoms with E-state index >= 15 is 0 Å². The van der Waals surface area contributed by atoms with Crippen LogP contribution in [0.25, 0.3) is 0 Å². The molecule has 0 bridgehead atoms. The van der Waals surface area contributed by atoms with Crippen LogP contribution >= 0.6 is 24.0 Å².